The minimum atomic E-state index is -0.571. The molecule has 3 aromatic carbocycles. The number of ether oxygens (including phenoxy) is 1. The van der Waals surface area contributed by atoms with Gasteiger partial charge in [-0.05, 0) is 23.6 Å². The molecule has 0 heterocycles. The minimum absolute atomic E-state index is 0.0379. The van der Waals surface area contributed by atoms with Crippen LogP contribution in [0.5, 0.6) is 0 Å². The lowest BCUT2D eigenvalue weighted by atomic mass is 10.1. The molecule has 0 aliphatic rings. The topological polar surface area (TPSA) is 96.5 Å². The first-order valence-corrected chi connectivity index (χ1v) is 9.15. The lowest BCUT2D eigenvalue weighted by Gasteiger charge is -2.10. The van der Waals surface area contributed by atoms with E-state index in [2.05, 4.69) is 16.0 Å². The van der Waals surface area contributed by atoms with Crippen LogP contribution in [0.15, 0.2) is 72.8 Å². The first-order chi connectivity index (χ1) is 14.1. The summed E-state index contributed by atoms with van der Waals surface area (Å²) < 4.78 is 4.97. The number of para-hydroxylation sites is 1. The smallest absolute Gasteiger partial charge is 0.319 e. The number of rotatable bonds is 7. The van der Waals surface area contributed by atoms with Crippen LogP contribution in [0.4, 0.5) is 16.2 Å². The van der Waals surface area contributed by atoms with E-state index in [0.29, 0.717) is 11.4 Å². The molecule has 3 N–H and O–H groups in total. The summed E-state index contributed by atoms with van der Waals surface area (Å²) in [6, 6.07) is 21.8. The number of hydrogen-bond acceptors (Lipinski definition) is 4. The van der Waals surface area contributed by atoms with Crippen molar-refractivity contribution in [2.75, 3.05) is 23.8 Å². The van der Waals surface area contributed by atoms with Crippen LogP contribution in [0.25, 0.3) is 10.8 Å². The van der Waals surface area contributed by atoms with Crippen LogP contribution in [0.2, 0.25) is 0 Å². The highest BCUT2D eigenvalue weighted by atomic mass is 16.5. The fourth-order valence-electron chi connectivity index (χ4n) is 2.71. The Balaban J connectivity index is 1.38. The molecule has 0 atom stereocenters. The van der Waals surface area contributed by atoms with Crippen LogP contribution in [-0.4, -0.2) is 31.1 Å². The molecule has 148 valence electrons. The first kappa shape index (κ1) is 19.9. The van der Waals surface area contributed by atoms with E-state index < -0.39 is 24.5 Å². The summed E-state index contributed by atoms with van der Waals surface area (Å²) in [5.74, 6) is -0.998. The lowest BCUT2D eigenvalue weighted by molar-refractivity contribution is -0.147. The van der Waals surface area contributed by atoms with E-state index in [1.54, 1.807) is 30.3 Å². The zero-order chi connectivity index (χ0) is 20.5. The molecule has 0 saturated heterocycles. The number of urea groups is 1. The SMILES string of the molecule is O=C(COC(=O)CCNC(=O)Nc1ccccc1)Nc1cccc2ccccc12. The molecule has 0 saturated carbocycles. The Morgan fingerprint density at radius 3 is 2.34 bits per heavy atom. The Morgan fingerprint density at radius 2 is 1.52 bits per heavy atom. The number of esters is 1. The van der Waals surface area contributed by atoms with E-state index in [9.17, 15) is 14.4 Å². The first-order valence-electron chi connectivity index (χ1n) is 9.15. The maximum atomic E-state index is 12.1. The van der Waals surface area contributed by atoms with Gasteiger partial charge >= 0.3 is 12.0 Å². The Bertz CT molecular complexity index is 1000. The third-order valence-corrected chi connectivity index (χ3v) is 4.07. The van der Waals surface area contributed by atoms with Crippen molar-refractivity contribution in [3.63, 3.8) is 0 Å². The molecule has 0 unspecified atom stereocenters. The van der Waals surface area contributed by atoms with Crippen molar-refractivity contribution in [1.82, 2.24) is 5.32 Å². The molecule has 0 radical (unpaired) electrons. The van der Waals surface area contributed by atoms with E-state index in [1.165, 1.54) is 0 Å². The van der Waals surface area contributed by atoms with Crippen molar-refractivity contribution in [3.8, 4) is 0 Å². The molecule has 7 nitrogen and oxygen atoms in total. The zero-order valence-corrected chi connectivity index (χ0v) is 15.7. The molecule has 0 spiro atoms. The van der Waals surface area contributed by atoms with Gasteiger partial charge in [0.2, 0.25) is 0 Å². The average molecular weight is 391 g/mol. The van der Waals surface area contributed by atoms with Gasteiger partial charge in [0.05, 0.1) is 6.42 Å². The Kier molecular flexibility index (Phi) is 6.78. The molecule has 0 aliphatic carbocycles. The molecule has 0 bridgehead atoms. The maximum Gasteiger partial charge on any atom is 0.319 e. The van der Waals surface area contributed by atoms with Gasteiger partial charge in [0.25, 0.3) is 5.91 Å². The Labute approximate surface area is 168 Å². The van der Waals surface area contributed by atoms with Gasteiger partial charge in [0.15, 0.2) is 6.61 Å². The molecule has 0 aliphatic heterocycles. The quantitative estimate of drug-likeness (QED) is 0.537. The number of benzene rings is 3. The van der Waals surface area contributed by atoms with Crippen LogP contribution >= 0.6 is 0 Å². The van der Waals surface area contributed by atoms with E-state index in [-0.39, 0.29) is 13.0 Å². The van der Waals surface area contributed by atoms with E-state index in [4.69, 9.17) is 4.74 Å². The van der Waals surface area contributed by atoms with Crippen LogP contribution in [-0.2, 0) is 14.3 Å². The molecule has 29 heavy (non-hydrogen) atoms. The van der Waals surface area contributed by atoms with Crippen molar-refractivity contribution in [3.05, 3.63) is 72.8 Å². The molecule has 7 heteroatoms. The maximum absolute atomic E-state index is 12.1. The third-order valence-electron chi connectivity index (χ3n) is 4.07. The van der Waals surface area contributed by atoms with E-state index in [1.807, 2.05) is 42.5 Å². The molecule has 0 fully saturated rings. The highest BCUT2D eigenvalue weighted by molar-refractivity contribution is 6.02. The van der Waals surface area contributed by atoms with Crippen molar-refractivity contribution < 1.29 is 19.1 Å². The van der Waals surface area contributed by atoms with Gasteiger partial charge in [-0.2, -0.15) is 0 Å². The summed E-state index contributed by atoms with van der Waals surface area (Å²) in [6.45, 7) is -0.291. The number of hydrogen-bond donors (Lipinski definition) is 3. The number of carbonyl (C=O) groups is 3. The normalized spacial score (nSPS) is 10.2. The molecule has 3 amide bonds. The summed E-state index contributed by atoms with van der Waals surface area (Å²) in [5.41, 5.74) is 1.31. The fourth-order valence-corrected chi connectivity index (χ4v) is 2.71. The summed E-state index contributed by atoms with van der Waals surface area (Å²) in [5, 5.41) is 9.85. The lowest BCUT2D eigenvalue weighted by Crippen LogP contribution is -2.31. The van der Waals surface area contributed by atoms with Gasteiger partial charge in [-0.25, -0.2) is 4.79 Å². The summed E-state index contributed by atoms with van der Waals surface area (Å²) >= 11 is 0. The van der Waals surface area contributed by atoms with Gasteiger partial charge in [0.1, 0.15) is 0 Å². The number of fused-ring (bicyclic) bond motifs is 1. The van der Waals surface area contributed by atoms with Crippen molar-refractivity contribution in [1.29, 1.82) is 0 Å². The molecular formula is C22H21N3O4. The van der Waals surface area contributed by atoms with Gasteiger partial charge in [0, 0.05) is 23.3 Å². The van der Waals surface area contributed by atoms with Gasteiger partial charge in [-0.1, -0.05) is 54.6 Å². The van der Waals surface area contributed by atoms with Gasteiger partial charge in [-0.15, -0.1) is 0 Å². The predicted octanol–water partition coefficient (Wildman–Crippen LogP) is 3.53. The Hall–Kier alpha value is -3.87. The predicted molar refractivity (Wildman–Crippen MR) is 112 cm³/mol. The average Bonchev–Trinajstić information content (AvgIpc) is 2.73. The van der Waals surface area contributed by atoms with Crippen molar-refractivity contribution in [2.45, 2.75) is 6.42 Å². The van der Waals surface area contributed by atoms with Crippen molar-refractivity contribution >= 4 is 40.1 Å². The number of carbonyl (C=O) groups excluding carboxylic acids is 3. The van der Waals surface area contributed by atoms with Crippen LogP contribution in [0.3, 0.4) is 0 Å². The summed E-state index contributed by atoms with van der Waals surface area (Å²) in [7, 11) is 0. The number of nitrogens with one attached hydrogen (secondary N) is 3. The van der Waals surface area contributed by atoms with Gasteiger partial charge < -0.3 is 20.7 Å². The Morgan fingerprint density at radius 1 is 0.793 bits per heavy atom. The summed E-state index contributed by atoms with van der Waals surface area (Å²) in [6.07, 6.45) is -0.0379. The summed E-state index contributed by atoms with van der Waals surface area (Å²) in [4.78, 5) is 35.6. The zero-order valence-electron chi connectivity index (χ0n) is 15.7. The third kappa shape index (κ3) is 6.07. The second-order valence-electron chi connectivity index (χ2n) is 6.23. The van der Waals surface area contributed by atoms with Crippen LogP contribution in [0, 0.1) is 0 Å². The number of amides is 3. The van der Waals surface area contributed by atoms with Crippen LogP contribution in [0.1, 0.15) is 6.42 Å². The standard InChI is InChI=1S/C22H21N3O4/c26-20(25-19-12-6-8-16-7-4-5-11-18(16)19)15-29-21(27)13-14-23-22(28)24-17-9-2-1-3-10-17/h1-12H,13-15H2,(H,25,26)(H2,23,24,28). The molecular weight excluding hydrogens is 370 g/mol. The largest absolute Gasteiger partial charge is 0.456 e. The minimum Gasteiger partial charge on any atom is -0.456 e. The monoisotopic (exact) mass is 391 g/mol. The second kappa shape index (κ2) is 9.89. The molecule has 3 rings (SSSR count). The van der Waals surface area contributed by atoms with Crippen LogP contribution < -0.4 is 16.0 Å². The fraction of sp³-hybridized carbons (Fsp3) is 0.136. The van der Waals surface area contributed by atoms with E-state index >= 15 is 0 Å². The van der Waals surface area contributed by atoms with Gasteiger partial charge in [-0.3, -0.25) is 9.59 Å². The highest BCUT2D eigenvalue weighted by Crippen LogP contribution is 2.22. The van der Waals surface area contributed by atoms with Crippen molar-refractivity contribution in [2.24, 2.45) is 0 Å². The highest BCUT2D eigenvalue weighted by Gasteiger charge is 2.10. The molecule has 0 aromatic heterocycles. The molecule has 3 aromatic rings. The second-order valence-corrected chi connectivity index (χ2v) is 6.23. The van der Waals surface area contributed by atoms with E-state index in [0.717, 1.165) is 10.8 Å². The number of anilines is 2.